The molecule has 0 saturated carbocycles. The van der Waals surface area contributed by atoms with Gasteiger partial charge in [-0.3, -0.25) is 14.4 Å². The fourth-order valence-electron chi connectivity index (χ4n) is 2.44. The molecule has 0 bridgehead atoms. The van der Waals surface area contributed by atoms with Crippen LogP contribution in [0.5, 0.6) is 0 Å². The van der Waals surface area contributed by atoms with Crippen molar-refractivity contribution in [1.29, 1.82) is 0 Å². The van der Waals surface area contributed by atoms with Gasteiger partial charge in [0.05, 0.1) is 21.2 Å². The molecule has 0 radical (unpaired) electrons. The zero-order valence-corrected chi connectivity index (χ0v) is 19.2. The van der Waals surface area contributed by atoms with E-state index in [1.165, 1.54) is 23.7 Å². The number of hydrogen-bond acceptors (Lipinski definition) is 3. The van der Waals surface area contributed by atoms with Crippen LogP contribution in [0.4, 0.5) is 15.8 Å². The van der Waals surface area contributed by atoms with Gasteiger partial charge in [-0.15, -0.1) is 0 Å². The van der Waals surface area contributed by atoms with E-state index in [4.69, 9.17) is 6.57 Å². The molecule has 152 valence electrons. The third-order valence-electron chi connectivity index (χ3n) is 3.72. The normalized spacial score (nSPS) is 11.0. The molecule has 0 spiro atoms. The zero-order chi connectivity index (χ0) is 22.1. The maximum Gasteiger partial charge on any atom is 0.294 e. The van der Waals surface area contributed by atoms with Crippen molar-refractivity contribution in [1.82, 2.24) is 9.88 Å². The Kier molecular flexibility index (Phi) is 6.65. The second-order valence-electron chi connectivity index (χ2n) is 7.15. The van der Waals surface area contributed by atoms with E-state index in [9.17, 15) is 18.8 Å². The van der Waals surface area contributed by atoms with Crippen LogP contribution in [-0.2, 0) is 11.8 Å². The molecule has 0 fully saturated rings. The fourth-order valence-corrected chi connectivity index (χ4v) is 4.08. The molecule has 1 heterocycles. The van der Waals surface area contributed by atoms with Gasteiger partial charge >= 0.3 is 0 Å². The van der Waals surface area contributed by atoms with Crippen molar-refractivity contribution < 1.29 is 18.8 Å². The van der Waals surface area contributed by atoms with Gasteiger partial charge in [0.25, 0.3) is 17.6 Å². The fraction of sp³-hybridized carbons (Fsp3) is 0.263. The van der Waals surface area contributed by atoms with E-state index < -0.39 is 29.0 Å². The summed E-state index contributed by atoms with van der Waals surface area (Å²) in [7, 11) is 1.53. The molecule has 10 heteroatoms. The van der Waals surface area contributed by atoms with Crippen LogP contribution in [0, 0.1) is 12.4 Å². The number of amides is 2. The van der Waals surface area contributed by atoms with Gasteiger partial charge in [-0.2, -0.15) is 0 Å². The number of nitrogens with one attached hydrogen (secondary N) is 2. The number of carbonyl (C=O) groups excluding carboxylic acids is 3. The Morgan fingerprint density at radius 3 is 2.38 bits per heavy atom. The van der Waals surface area contributed by atoms with Crippen LogP contribution in [0.1, 0.15) is 41.6 Å². The SMILES string of the molecule is [C-]#[N+]c1cc(NC(=O)c2c(Br)c(C(=O)C(=O)NC(C)(C)C)n(C)c2Br)ccc1F. The summed E-state index contributed by atoms with van der Waals surface area (Å²) < 4.78 is 15.2. The van der Waals surface area contributed by atoms with Crippen molar-refractivity contribution in [2.45, 2.75) is 26.3 Å². The summed E-state index contributed by atoms with van der Waals surface area (Å²) in [5.74, 6) is -2.93. The van der Waals surface area contributed by atoms with E-state index in [1.54, 1.807) is 20.8 Å². The number of hydrogen-bond donors (Lipinski definition) is 2. The van der Waals surface area contributed by atoms with Gasteiger partial charge in [-0.1, -0.05) is 0 Å². The molecule has 2 amide bonds. The van der Waals surface area contributed by atoms with Crippen LogP contribution >= 0.6 is 31.9 Å². The van der Waals surface area contributed by atoms with Crippen molar-refractivity contribution in [3.05, 3.63) is 55.8 Å². The van der Waals surface area contributed by atoms with Gasteiger partial charge in [-0.05, 0) is 70.8 Å². The number of ketones is 1. The zero-order valence-electron chi connectivity index (χ0n) is 16.0. The number of anilines is 1. The summed E-state index contributed by atoms with van der Waals surface area (Å²) in [4.78, 5) is 40.7. The molecule has 0 atom stereocenters. The topological polar surface area (TPSA) is 84.6 Å². The minimum atomic E-state index is -0.814. The first kappa shape index (κ1) is 22.8. The first-order chi connectivity index (χ1) is 13.4. The van der Waals surface area contributed by atoms with Gasteiger partial charge < -0.3 is 15.2 Å². The molecule has 29 heavy (non-hydrogen) atoms. The van der Waals surface area contributed by atoms with Gasteiger partial charge in [0.2, 0.25) is 5.69 Å². The number of aromatic nitrogens is 1. The molecule has 0 aliphatic carbocycles. The minimum absolute atomic E-state index is 0.00951. The van der Waals surface area contributed by atoms with Gasteiger partial charge in [0, 0.05) is 18.3 Å². The van der Waals surface area contributed by atoms with E-state index in [0.717, 1.165) is 6.07 Å². The molecule has 0 saturated heterocycles. The lowest BCUT2D eigenvalue weighted by molar-refractivity contribution is -0.118. The second-order valence-corrected chi connectivity index (χ2v) is 8.70. The average molecular weight is 528 g/mol. The summed E-state index contributed by atoms with van der Waals surface area (Å²) in [5, 5.41) is 5.14. The predicted octanol–water partition coefficient (Wildman–Crippen LogP) is 4.59. The average Bonchev–Trinajstić information content (AvgIpc) is 2.83. The van der Waals surface area contributed by atoms with E-state index in [1.807, 2.05) is 0 Å². The van der Waals surface area contributed by atoms with E-state index >= 15 is 0 Å². The molecule has 1 aromatic carbocycles. The summed E-state index contributed by atoms with van der Waals surface area (Å²) in [6, 6.07) is 3.59. The first-order valence-corrected chi connectivity index (χ1v) is 9.84. The van der Waals surface area contributed by atoms with Crippen molar-refractivity contribution in [3.8, 4) is 0 Å². The van der Waals surface area contributed by atoms with Crippen LogP contribution in [0.25, 0.3) is 4.85 Å². The van der Waals surface area contributed by atoms with Gasteiger partial charge in [0.15, 0.2) is 0 Å². The minimum Gasteiger partial charge on any atom is -0.345 e. The number of Topliss-reactive ketones (excluding diaryl/α,β-unsaturated/α-hetero) is 1. The molecular weight excluding hydrogens is 511 g/mol. The summed E-state index contributed by atoms with van der Waals surface area (Å²) in [6.07, 6.45) is 0. The Bertz CT molecular complexity index is 1060. The lowest BCUT2D eigenvalue weighted by Crippen LogP contribution is -2.44. The quantitative estimate of drug-likeness (QED) is 0.346. The Morgan fingerprint density at radius 2 is 1.83 bits per heavy atom. The highest BCUT2D eigenvalue weighted by atomic mass is 79.9. The molecular formula is C19H17Br2FN4O3. The molecule has 2 aromatic rings. The summed E-state index contributed by atoms with van der Waals surface area (Å²) >= 11 is 6.50. The highest BCUT2D eigenvalue weighted by molar-refractivity contribution is 9.11. The molecule has 2 rings (SSSR count). The lowest BCUT2D eigenvalue weighted by Gasteiger charge is -2.19. The molecule has 7 nitrogen and oxygen atoms in total. The molecule has 1 aromatic heterocycles. The van der Waals surface area contributed by atoms with Crippen LogP contribution in [0.15, 0.2) is 27.3 Å². The lowest BCUT2D eigenvalue weighted by atomic mass is 10.1. The molecule has 0 aliphatic heterocycles. The summed E-state index contributed by atoms with van der Waals surface area (Å²) in [5.41, 5.74) is -0.560. The summed E-state index contributed by atoms with van der Waals surface area (Å²) in [6.45, 7) is 12.2. The molecule has 0 aliphatic rings. The van der Waals surface area contributed by atoms with Gasteiger partial charge in [0.1, 0.15) is 11.5 Å². The van der Waals surface area contributed by atoms with Crippen molar-refractivity contribution in [2.24, 2.45) is 7.05 Å². The molecule has 0 unspecified atom stereocenters. The number of nitrogens with zero attached hydrogens (tertiary/aromatic N) is 2. The number of benzene rings is 1. The predicted molar refractivity (Wildman–Crippen MR) is 114 cm³/mol. The maximum absolute atomic E-state index is 13.5. The third kappa shape index (κ3) is 4.92. The Hall–Kier alpha value is -2.51. The molecule has 2 N–H and O–H groups in total. The third-order valence-corrected chi connectivity index (χ3v) is 5.43. The van der Waals surface area contributed by atoms with E-state index in [0.29, 0.717) is 0 Å². The second kappa shape index (κ2) is 8.47. The smallest absolute Gasteiger partial charge is 0.294 e. The van der Waals surface area contributed by atoms with Crippen LogP contribution < -0.4 is 10.6 Å². The van der Waals surface area contributed by atoms with Crippen LogP contribution in [0.2, 0.25) is 0 Å². The Morgan fingerprint density at radius 1 is 1.21 bits per heavy atom. The van der Waals surface area contributed by atoms with Crippen molar-refractivity contribution >= 4 is 60.8 Å². The largest absolute Gasteiger partial charge is 0.345 e. The Balaban J connectivity index is 2.39. The van der Waals surface area contributed by atoms with Crippen LogP contribution in [0.3, 0.4) is 0 Å². The monoisotopic (exact) mass is 526 g/mol. The first-order valence-electron chi connectivity index (χ1n) is 8.26. The van der Waals surface area contributed by atoms with E-state index in [2.05, 4.69) is 47.3 Å². The van der Waals surface area contributed by atoms with Gasteiger partial charge in [-0.25, -0.2) is 9.24 Å². The number of carbonyl (C=O) groups is 3. The van der Waals surface area contributed by atoms with Crippen LogP contribution in [-0.4, -0.2) is 27.7 Å². The van der Waals surface area contributed by atoms with Crippen molar-refractivity contribution in [2.75, 3.05) is 5.32 Å². The maximum atomic E-state index is 13.5. The highest BCUT2D eigenvalue weighted by Crippen LogP contribution is 2.33. The number of halogens is 3. The Labute approximate surface area is 183 Å². The number of rotatable bonds is 4. The highest BCUT2D eigenvalue weighted by Gasteiger charge is 2.31. The standard InChI is InChI=1S/C19H17Br2FN4O3/c1-19(2,3)25-18(29)15(27)14-13(20)12(16(21)26(14)5)17(28)24-9-6-7-10(22)11(8-9)23-4/h6-8H,1-3,5H3,(H,24,28)(H,25,29). The van der Waals surface area contributed by atoms with Crippen molar-refractivity contribution in [3.63, 3.8) is 0 Å². The van der Waals surface area contributed by atoms with E-state index in [-0.39, 0.29) is 31.7 Å².